The van der Waals surface area contributed by atoms with E-state index in [4.69, 9.17) is 4.52 Å². The maximum absolute atomic E-state index is 12.5. The summed E-state index contributed by atoms with van der Waals surface area (Å²) in [5.74, 6) is 1.25. The monoisotopic (exact) mass is 342 g/mol. The summed E-state index contributed by atoms with van der Waals surface area (Å²) in [7, 11) is 0. The van der Waals surface area contributed by atoms with Crippen molar-refractivity contribution in [3.8, 4) is 11.5 Å². The zero-order valence-electron chi connectivity index (χ0n) is 14.1. The minimum Gasteiger partial charge on any atom is -0.339 e. The van der Waals surface area contributed by atoms with E-state index in [1.165, 1.54) is 0 Å². The van der Waals surface area contributed by atoms with Crippen molar-refractivity contribution in [3.63, 3.8) is 0 Å². The predicted molar refractivity (Wildman–Crippen MR) is 90.5 cm³/mol. The van der Waals surface area contributed by atoms with Crippen LogP contribution in [-0.4, -0.2) is 70.1 Å². The summed E-state index contributed by atoms with van der Waals surface area (Å²) in [4.78, 5) is 25.4. The van der Waals surface area contributed by atoms with Gasteiger partial charge in [-0.25, -0.2) is 0 Å². The fourth-order valence-electron chi connectivity index (χ4n) is 3.45. The summed E-state index contributed by atoms with van der Waals surface area (Å²) in [6, 6.07) is 5.61. The second kappa shape index (κ2) is 7.28. The standard InChI is InChI=1S/C17H22N6O2/c24-15(22-10-7-18-8-11-22)12-23-9-3-5-14(23)17-20-16(21-25-17)13-4-1-2-6-19-13/h1-2,4,6,14,18H,3,5,7-12H2/t14-/m1/s1. The lowest BCUT2D eigenvalue weighted by Crippen LogP contribution is -2.49. The summed E-state index contributed by atoms with van der Waals surface area (Å²) < 4.78 is 5.48. The number of likely N-dealkylation sites (tertiary alicyclic amines) is 1. The van der Waals surface area contributed by atoms with Crippen LogP contribution in [0.25, 0.3) is 11.5 Å². The molecule has 25 heavy (non-hydrogen) atoms. The number of hydrogen-bond donors (Lipinski definition) is 1. The Bertz CT molecular complexity index is 713. The van der Waals surface area contributed by atoms with Crippen LogP contribution in [0.1, 0.15) is 24.8 Å². The Morgan fingerprint density at radius 1 is 1.28 bits per heavy atom. The Morgan fingerprint density at radius 3 is 2.96 bits per heavy atom. The quantitative estimate of drug-likeness (QED) is 0.875. The molecule has 1 amide bonds. The first kappa shape index (κ1) is 16.2. The zero-order valence-corrected chi connectivity index (χ0v) is 14.1. The Kier molecular flexibility index (Phi) is 4.71. The predicted octanol–water partition coefficient (Wildman–Crippen LogP) is 0.700. The van der Waals surface area contributed by atoms with Gasteiger partial charge in [0.1, 0.15) is 5.69 Å². The van der Waals surface area contributed by atoms with Crippen LogP contribution in [0.4, 0.5) is 0 Å². The molecule has 0 spiro atoms. The molecule has 8 nitrogen and oxygen atoms in total. The van der Waals surface area contributed by atoms with Gasteiger partial charge in [0.05, 0.1) is 12.6 Å². The first-order valence-corrected chi connectivity index (χ1v) is 8.79. The zero-order chi connectivity index (χ0) is 17.1. The van der Waals surface area contributed by atoms with Crippen LogP contribution in [0.3, 0.4) is 0 Å². The summed E-state index contributed by atoms with van der Waals surface area (Å²) in [6.45, 7) is 4.58. The highest BCUT2D eigenvalue weighted by molar-refractivity contribution is 5.78. The van der Waals surface area contributed by atoms with Crippen molar-refractivity contribution < 1.29 is 9.32 Å². The fourth-order valence-corrected chi connectivity index (χ4v) is 3.45. The molecule has 2 aliphatic rings. The van der Waals surface area contributed by atoms with E-state index in [1.54, 1.807) is 6.20 Å². The normalized spacial score (nSPS) is 21.6. The first-order chi connectivity index (χ1) is 12.3. The minimum atomic E-state index is 0.0110. The number of rotatable bonds is 4. The van der Waals surface area contributed by atoms with Crippen molar-refractivity contribution in [1.82, 2.24) is 30.2 Å². The van der Waals surface area contributed by atoms with Crippen molar-refractivity contribution in [1.29, 1.82) is 0 Å². The maximum atomic E-state index is 12.5. The number of pyridine rings is 1. The van der Waals surface area contributed by atoms with E-state index < -0.39 is 0 Å². The number of hydrogen-bond acceptors (Lipinski definition) is 7. The SMILES string of the molecule is O=C(CN1CCC[C@@H]1c1nc(-c2ccccn2)no1)N1CCNCC1. The van der Waals surface area contributed by atoms with Gasteiger partial charge in [-0.05, 0) is 31.5 Å². The molecular formula is C17H22N6O2. The number of nitrogens with zero attached hydrogens (tertiary/aromatic N) is 5. The molecule has 0 unspecified atom stereocenters. The van der Waals surface area contributed by atoms with Crippen LogP contribution in [0.5, 0.6) is 0 Å². The van der Waals surface area contributed by atoms with Crippen LogP contribution < -0.4 is 5.32 Å². The lowest BCUT2D eigenvalue weighted by molar-refractivity contribution is -0.133. The van der Waals surface area contributed by atoms with E-state index in [1.807, 2.05) is 23.1 Å². The smallest absolute Gasteiger partial charge is 0.244 e. The molecule has 4 rings (SSSR count). The molecule has 4 heterocycles. The Morgan fingerprint density at radius 2 is 2.16 bits per heavy atom. The molecule has 0 bridgehead atoms. The topological polar surface area (TPSA) is 87.4 Å². The van der Waals surface area contributed by atoms with Crippen molar-refractivity contribution in [2.45, 2.75) is 18.9 Å². The van der Waals surface area contributed by atoms with Crippen molar-refractivity contribution in [2.24, 2.45) is 0 Å². The van der Waals surface area contributed by atoms with Gasteiger partial charge in [-0.2, -0.15) is 4.98 Å². The van der Waals surface area contributed by atoms with Crippen molar-refractivity contribution in [2.75, 3.05) is 39.3 Å². The Labute approximate surface area is 146 Å². The molecule has 2 aromatic rings. The molecule has 2 aromatic heterocycles. The molecule has 0 saturated carbocycles. The van der Waals surface area contributed by atoms with Gasteiger partial charge in [0.15, 0.2) is 0 Å². The number of nitrogens with one attached hydrogen (secondary N) is 1. The molecule has 1 atom stereocenters. The van der Waals surface area contributed by atoms with Gasteiger partial charge in [0.25, 0.3) is 0 Å². The van der Waals surface area contributed by atoms with Crippen LogP contribution >= 0.6 is 0 Å². The average molecular weight is 342 g/mol. The van der Waals surface area contributed by atoms with Crippen LogP contribution in [0.15, 0.2) is 28.9 Å². The van der Waals surface area contributed by atoms with Gasteiger partial charge in [-0.1, -0.05) is 11.2 Å². The second-order valence-electron chi connectivity index (χ2n) is 6.43. The number of piperazine rings is 1. The van der Waals surface area contributed by atoms with Crippen LogP contribution in [0.2, 0.25) is 0 Å². The second-order valence-corrected chi connectivity index (χ2v) is 6.43. The molecular weight excluding hydrogens is 320 g/mol. The molecule has 2 aliphatic heterocycles. The minimum absolute atomic E-state index is 0.0110. The average Bonchev–Trinajstić information content (AvgIpc) is 3.32. The Balaban J connectivity index is 1.44. The highest BCUT2D eigenvalue weighted by Gasteiger charge is 2.33. The fraction of sp³-hybridized carbons (Fsp3) is 0.529. The molecule has 132 valence electrons. The van der Waals surface area contributed by atoms with Gasteiger partial charge in [0, 0.05) is 32.4 Å². The summed E-state index contributed by atoms with van der Waals surface area (Å²) in [6.07, 6.45) is 3.67. The van der Waals surface area contributed by atoms with Gasteiger partial charge in [-0.3, -0.25) is 14.7 Å². The van der Waals surface area contributed by atoms with Crippen LogP contribution in [0, 0.1) is 0 Å². The third-order valence-corrected chi connectivity index (χ3v) is 4.79. The summed E-state index contributed by atoms with van der Waals surface area (Å²) in [5.41, 5.74) is 0.693. The maximum Gasteiger partial charge on any atom is 0.244 e. The van der Waals surface area contributed by atoms with Gasteiger partial charge >= 0.3 is 0 Å². The molecule has 0 radical (unpaired) electrons. The van der Waals surface area contributed by atoms with E-state index in [9.17, 15) is 4.79 Å². The van der Waals surface area contributed by atoms with E-state index in [0.717, 1.165) is 45.6 Å². The van der Waals surface area contributed by atoms with Gasteiger partial charge in [-0.15, -0.1) is 0 Å². The number of carbonyl (C=O) groups excluding carboxylic acids is 1. The van der Waals surface area contributed by atoms with Crippen molar-refractivity contribution >= 4 is 5.91 Å². The van der Waals surface area contributed by atoms with E-state index in [2.05, 4.69) is 25.3 Å². The van der Waals surface area contributed by atoms with Gasteiger partial charge < -0.3 is 14.7 Å². The molecule has 1 N–H and O–H groups in total. The largest absolute Gasteiger partial charge is 0.339 e. The molecule has 2 fully saturated rings. The third-order valence-electron chi connectivity index (χ3n) is 4.79. The van der Waals surface area contributed by atoms with Crippen molar-refractivity contribution in [3.05, 3.63) is 30.3 Å². The summed E-state index contributed by atoms with van der Waals surface area (Å²) in [5, 5.41) is 7.33. The number of amides is 1. The lowest BCUT2D eigenvalue weighted by atomic mass is 10.2. The number of aromatic nitrogens is 3. The van der Waals surface area contributed by atoms with E-state index >= 15 is 0 Å². The number of carbonyl (C=O) groups is 1. The highest BCUT2D eigenvalue weighted by atomic mass is 16.5. The molecule has 2 saturated heterocycles. The summed E-state index contributed by atoms with van der Waals surface area (Å²) >= 11 is 0. The molecule has 0 aromatic carbocycles. The van der Waals surface area contributed by atoms with Crippen LogP contribution in [-0.2, 0) is 4.79 Å². The van der Waals surface area contributed by atoms with E-state index in [0.29, 0.717) is 24.0 Å². The molecule has 0 aliphatic carbocycles. The van der Waals surface area contributed by atoms with E-state index in [-0.39, 0.29) is 11.9 Å². The first-order valence-electron chi connectivity index (χ1n) is 8.79. The Hall–Kier alpha value is -2.32. The third kappa shape index (κ3) is 3.54. The lowest BCUT2D eigenvalue weighted by Gasteiger charge is -2.30. The molecule has 8 heteroatoms. The van der Waals surface area contributed by atoms with Gasteiger partial charge in [0.2, 0.25) is 17.6 Å². The highest BCUT2D eigenvalue weighted by Crippen LogP contribution is 2.31.